The number of aryl methyl sites for hydroxylation is 1. The predicted molar refractivity (Wildman–Crippen MR) is 100 cm³/mol. The standard InChI is InChI=1S/C20H24N2O4/c1-14-7-5-6-8-17(14)21-20(24)13-22(15(2)23)12-16-9-10-18(25-3)19(11-16)26-4/h5-11H,12-13H2,1-4H3,(H,21,24). The maximum Gasteiger partial charge on any atom is 0.244 e. The van der Waals surface area contributed by atoms with E-state index in [4.69, 9.17) is 9.47 Å². The Hall–Kier alpha value is -3.02. The fraction of sp³-hybridized carbons (Fsp3) is 0.300. The van der Waals surface area contributed by atoms with Gasteiger partial charge < -0.3 is 19.7 Å². The van der Waals surface area contributed by atoms with Gasteiger partial charge in [0.1, 0.15) is 6.54 Å². The number of hydrogen-bond donors (Lipinski definition) is 1. The van der Waals surface area contributed by atoms with Crippen molar-refractivity contribution in [1.82, 2.24) is 4.90 Å². The first-order chi connectivity index (χ1) is 12.4. The van der Waals surface area contributed by atoms with Crippen LogP contribution in [0.1, 0.15) is 18.1 Å². The van der Waals surface area contributed by atoms with Crippen LogP contribution in [0.15, 0.2) is 42.5 Å². The van der Waals surface area contributed by atoms with Gasteiger partial charge in [-0.15, -0.1) is 0 Å². The minimum absolute atomic E-state index is 0.0297. The van der Waals surface area contributed by atoms with Crippen molar-refractivity contribution in [3.05, 3.63) is 53.6 Å². The number of carbonyl (C=O) groups excluding carboxylic acids is 2. The summed E-state index contributed by atoms with van der Waals surface area (Å²) in [5.41, 5.74) is 2.56. The van der Waals surface area contributed by atoms with E-state index in [9.17, 15) is 9.59 Å². The van der Waals surface area contributed by atoms with Crippen molar-refractivity contribution in [2.45, 2.75) is 20.4 Å². The Morgan fingerprint density at radius 1 is 1.04 bits per heavy atom. The van der Waals surface area contributed by atoms with E-state index in [0.29, 0.717) is 18.0 Å². The number of para-hydroxylation sites is 1. The van der Waals surface area contributed by atoms with Crippen molar-refractivity contribution in [3.63, 3.8) is 0 Å². The lowest BCUT2D eigenvalue weighted by Crippen LogP contribution is -2.36. The van der Waals surface area contributed by atoms with Crippen molar-refractivity contribution in [1.29, 1.82) is 0 Å². The van der Waals surface area contributed by atoms with Crippen LogP contribution < -0.4 is 14.8 Å². The van der Waals surface area contributed by atoms with E-state index in [1.165, 1.54) is 11.8 Å². The molecule has 1 N–H and O–H groups in total. The van der Waals surface area contributed by atoms with Crippen LogP contribution in [0.25, 0.3) is 0 Å². The van der Waals surface area contributed by atoms with Gasteiger partial charge in [-0.2, -0.15) is 0 Å². The molecule has 2 amide bonds. The Morgan fingerprint density at radius 2 is 1.73 bits per heavy atom. The van der Waals surface area contributed by atoms with Crippen molar-refractivity contribution in [2.24, 2.45) is 0 Å². The molecule has 0 aliphatic carbocycles. The van der Waals surface area contributed by atoms with E-state index in [2.05, 4.69) is 5.32 Å². The van der Waals surface area contributed by atoms with E-state index < -0.39 is 0 Å². The maximum atomic E-state index is 12.3. The lowest BCUT2D eigenvalue weighted by Gasteiger charge is -2.21. The highest BCUT2D eigenvalue weighted by molar-refractivity contribution is 5.94. The molecule has 0 aliphatic rings. The van der Waals surface area contributed by atoms with Crippen LogP contribution in [0.4, 0.5) is 5.69 Å². The molecule has 26 heavy (non-hydrogen) atoms. The summed E-state index contributed by atoms with van der Waals surface area (Å²) in [7, 11) is 3.12. The van der Waals surface area contributed by atoms with E-state index in [-0.39, 0.29) is 18.4 Å². The zero-order valence-electron chi connectivity index (χ0n) is 15.5. The summed E-state index contributed by atoms with van der Waals surface area (Å²) >= 11 is 0. The second-order valence-corrected chi connectivity index (χ2v) is 5.93. The van der Waals surface area contributed by atoms with Gasteiger partial charge in [-0.3, -0.25) is 9.59 Å². The summed E-state index contributed by atoms with van der Waals surface area (Å²) in [6.07, 6.45) is 0. The quantitative estimate of drug-likeness (QED) is 0.828. The number of hydrogen-bond acceptors (Lipinski definition) is 4. The van der Waals surface area contributed by atoms with E-state index in [1.807, 2.05) is 37.3 Å². The molecule has 0 spiro atoms. The average molecular weight is 356 g/mol. The van der Waals surface area contributed by atoms with Crippen LogP contribution in [-0.4, -0.2) is 37.5 Å². The highest BCUT2D eigenvalue weighted by Crippen LogP contribution is 2.28. The SMILES string of the molecule is COc1ccc(CN(CC(=O)Nc2ccccc2C)C(C)=O)cc1OC. The number of nitrogens with zero attached hydrogens (tertiary/aromatic N) is 1. The van der Waals surface area contributed by atoms with Gasteiger partial charge in [0, 0.05) is 19.2 Å². The largest absolute Gasteiger partial charge is 0.493 e. The Bertz CT molecular complexity index is 789. The zero-order valence-corrected chi connectivity index (χ0v) is 15.5. The molecule has 0 aromatic heterocycles. The van der Waals surface area contributed by atoms with Gasteiger partial charge in [0.25, 0.3) is 0 Å². The first kappa shape index (κ1) is 19.3. The van der Waals surface area contributed by atoms with Gasteiger partial charge in [-0.25, -0.2) is 0 Å². The van der Waals surface area contributed by atoms with Crippen LogP contribution in [0.5, 0.6) is 11.5 Å². The Kier molecular flexibility index (Phi) is 6.60. The van der Waals surface area contributed by atoms with E-state index in [1.54, 1.807) is 26.4 Å². The van der Waals surface area contributed by atoms with Crippen molar-refractivity contribution < 1.29 is 19.1 Å². The van der Waals surface area contributed by atoms with E-state index >= 15 is 0 Å². The van der Waals surface area contributed by atoms with Gasteiger partial charge in [0.15, 0.2) is 11.5 Å². The highest BCUT2D eigenvalue weighted by Gasteiger charge is 2.16. The van der Waals surface area contributed by atoms with Crippen LogP contribution in [-0.2, 0) is 16.1 Å². The third-order valence-electron chi connectivity index (χ3n) is 4.02. The molecule has 0 atom stereocenters. The lowest BCUT2D eigenvalue weighted by atomic mass is 10.1. The van der Waals surface area contributed by atoms with Crippen molar-refractivity contribution in [3.8, 4) is 11.5 Å². The fourth-order valence-corrected chi connectivity index (χ4v) is 2.55. The summed E-state index contributed by atoms with van der Waals surface area (Å²) in [5, 5.41) is 2.84. The minimum Gasteiger partial charge on any atom is -0.493 e. The number of anilines is 1. The molecule has 0 heterocycles. The van der Waals surface area contributed by atoms with Crippen LogP contribution in [0, 0.1) is 6.92 Å². The minimum atomic E-state index is -0.241. The molecule has 0 radical (unpaired) electrons. The Morgan fingerprint density at radius 3 is 2.35 bits per heavy atom. The first-order valence-electron chi connectivity index (χ1n) is 8.26. The molecular formula is C20H24N2O4. The van der Waals surface area contributed by atoms with Crippen LogP contribution in [0.3, 0.4) is 0 Å². The van der Waals surface area contributed by atoms with Gasteiger partial charge in [0.2, 0.25) is 11.8 Å². The van der Waals surface area contributed by atoms with Gasteiger partial charge in [0.05, 0.1) is 14.2 Å². The van der Waals surface area contributed by atoms with Crippen molar-refractivity contribution in [2.75, 3.05) is 26.1 Å². The highest BCUT2D eigenvalue weighted by atomic mass is 16.5. The molecule has 138 valence electrons. The molecule has 0 aliphatic heterocycles. The number of methoxy groups -OCH3 is 2. The molecular weight excluding hydrogens is 332 g/mol. The number of nitrogens with one attached hydrogen (secondary N) is 1. The lowest BCUT2D eigenvalue weighted by molar-refractivity contribution is -0.133. The summed E-state index contributed by atoms with van der Waals surface area (Å²) in [5.74, 6) is 0.774. The summed E-state index contributed by atoms with van der Waals surface area (Å²) in [4.78, 5) is 25.8. The summed E-state index contributed by atoms with van der Waals surface area (Å²) < 4.78 is 10.5. The maximum absolute atomic E-state index is 12.3. The molecule has 6 heteroatoms. The monoisotopic (exact) mass is 356 g/mol. The number of rotatable bonds is 7. The Labute approximate surface area is 153 Å². The first-order valence-corrected chi connectivity index (χ1v) is 8.26. The molecule has 2 aromatic rings. The fourth-order valence-electron chi connectivity index (χ4n) is 2.55. The Balaban J connectivity index is 2.08. The smallest absolute Gasteiger partial charge is 0.244 e. The summed E-state index contributed by atoms with van der Waals surface area (Å²) in [6.45, 7) is 3.64. The van der Waals surface area contributed by atoms with Crippen LogP contribution >= 0.6 is 0 Å². The molecule has 2 aromatic carbocycles. The zero-order chi connectivity index (χ0) is 19.1. The molecule has 2 rings (SSSR count). The molecule has 0 fully saturated rings. The van der Waals surface area contributed by atoms with Crippen LogP contribution in [0.2, 0.25) is 0 Å². The molecule has 0 saturated carbocycles. The average Bonchev–Trinajstić information content (AvgIpc) is 2.62. The van der Waals surface area contributed by atoms with Gasteiger partial charge in [-0.05, 0) is 36.2 Å². The summed E-state index contributed by atoms with van der Waals surface area (Å²) in [6, 6.07) is 12.9. The number of carbonyl (C=O) groups is 2. The van der Waals surface area contributed by atoms with E-state index in [0.717, 1.165) is 16.8 Å². The van der Waals surface area contributed by atoms with Gasteiger partial charge >= 0.3 is 0 Å². The third kappa shape index (κ3) is 4.99. The molecule has 0 unspecified atom stereocenters. The van der Waals surface area contributed by atoms with Crippen molar-refractivity contribution >= 4 is 17.5 Å². The normalized spacial score (nSPS) is 10.2. The molecule has 0 saturated heterocycles. The third-order valence-corrected chi connectivity index (χ3v) is 4.02. The molecule has 0 bridgehead atoms. The van der Waals surface area contributed by atoms with Gasteiger partial charge in [-0.1, -0.05) is 24.3 Å². The number of benzene rings is 2. The molecule has 6 nitrogen and oxygen atoms in total. The number of ether oxygens (including phenoxy) is 2. The topological polar surface area (TPSA) is 67.9 Å². The number of amides is 2. The second kappa shape index (κ2) is 8.89. The predicted octanol–water partition coefficient (Wildman–Crippen LogP) is 3.00. The second-order valence-electron chi connectivity index (χ2n) is 5.93.